The molecule has 0 amide bonds. The van der Waals surface area contributed by atoms with Gasteiger partial charge in [-0.15, -0.1) is 23.4 Å². The Labute approximate surface area is 253 Å². The molecular formula is C34H52FeN2P2-6. The Morgan fingerprint density at radius 2 is 1.38 bits per heavy atom. The molecule has 8 rings (SSSR count). The first-order valence-electron chi connectivity index (χ1n) is 15.7. The molecule has 2 heterocycles. The molecule has 222 valence electrons. The van der Waals surface area contributed by atoms with E-state index >= 15 is 0 Å². The van der Waals surface area contributed by atoms with Gasteiger partial charge in [0.05, 0.1) is 0 Å². The van der Waals surface area contributed by atoms with Crippen LogP contribution in [0.25, 0.3) is 0 Å². The monoisotopic (exact) mass is 606 g/mol. The van der Waals surface area contributed by atoms with Crippen LogP contribution in [0.1, 0.15) is 102 Å². The van der Waals surface area contributed by atoms with Crippen molar-refractivity contribution in [2.75, 3.05) is 13.1 Å². The molecule has 2 aromatic rings. The van der Waals surface area contributed by atoms with E-state index in [1.54, 1.807) is 30.4 Å². The van der Waals surface area contributed by atoms with E-state index < -0.39 is 0 Å². The maximum Gasteiger partial charge on any atom is 0.0194 e. The van der Waals surface area contributed by atoms with Crippen molar-refractivity contribution in [1.29, 1.82) is 0 Å². The second-order valence-electron chi connectivity index (χ2n) is 14.7. The van der Waals surface area contributed by atoms with E-state index in [2.05, 4.69) is 58.8 Å². The van der Waals surface area contributed by atoms with Crippen LogP contribution in [-0.4, -0.2) is 30.3 Å². The molecule has 4 saturated carbocycles. The number of nitrogens with one attached hydrogen (secondary N) is 2. The molecular weight excluding hydrogens is 554 g/mol. The van der Waals surface area contributed by atoms with Crippen molar-refractivity contribution >= 4 is 17.8 Å². The molecule has 6 fully saturated rings. The van der Waals surface area contributed by atoms with Crippen molar-refractivity contribution in [3.8, 4) is 0 Å². The fourth-order valence-electron chi connectivity index (χ4n) is 9.73. The van der Waals surface area contributed by atoms with E-state index in [-0.39, 0.29) is 22.2 Å². The van der Waals surface area contributed by atoms with Gasteiger partial charge in [0.25, 0.3) is 0 Å². The minimum absolute atomic E-state index is 0. The van der Waals surface area contributed by atoms with Gasteiger partial charge in [-0.25, -0.2) is 12.1 Å². The molecule has 6 aliphatic rings. The van der Waals surface area contributed by atoms with Gasteiger partial charge < -0.3 is 41.0 Å². The van der Waals surface area contributed by atoms with Gasteiger partial charge in [0.2, 0.25) is 0 Å². The van der Waals surface area contributed by atoms with Crippen LogP contribution in [0.2, 0.25) is 0 Å². The van der Waals surface area contributed by atoms with Crippen molar-refractivity contribution in [2.24, 2.45) is 23.2 Å². The third-order valence-electron chi connectivity index (χ3n) is 10.7. The molecule has 39 heavy (non-hydrogen) atoms. The number of rotatable bonds is 6. The molecule has 4 bridgehead atoms. The first-order chi connectivity index (χ1) is 18.3. The summed E-state index contributed by atoms with van der Waals surface area (Å²) in [5.74, 6) is 3.07. The average molecular weight is 607 g/mol. The van der Waals surface area contributed by atoms with Crippen molar-refractivity contribution < 1.29 is 17.1 Å². The van der Waals surface area contributed by atoms with Crippen LogP contribution in [0.3, 0.4) is 0 Å². The standard InChI is InChI=1S/C29H47N2P2.C5H5.Fe/c1-27(2,3)33-26(28-16-19-13-20(17-28)15-21(14-19)18-28)22-7-4-8-23(22)29(32,24-9-5-11-30-24)25-10-6-12-31-25;1-2-4-5-3-1;/h4,7-8,19-21,24-26,30-31,33H,5-6,9-18,32H2,1-3H3;1-5H;/q-1;-5;. The van der Waals surface area contributed by atoms with Crippen LogP contribution in [0, 0.1) is 23.2 Å². The molecule has 2 N–H and O–H groups in total. The Morgan fingerprint density at radius 3 is 1.79 bits per heavy atom. The van der Waals surface area contributed by atoms with Gasteiger partial charge in [-0.2, -0.15) is 11.6 Å². The summed E-state index contributed by atoms with van der Waals surface area (Å²) in [5, 5.41) is 8.42. The first-order valence-corrected chi connectivity index (χ1v) is 17.4. The summed E-state index contributed by atoms with van der Waals surface area (Å²) >= 11 is 0. The first kappa shape index (κ1) is 30.5. The molecule has 2 aromatic carbocycles. The largest absolute Gasteiger partial charge is 0.748 e. The van der Waals surface area contributed by atoms with Crippen LogP contribution >= 0.6 is 17.8 Å². The normalized spacial score (nSPS) is 35.9. The van der Waals surface area contributed by atoms with Crippen LogP contribution < -0.4 is 10.6 Å². The van der Waals surface area contributed by atoms with Crippen molar-refractivity contribution in [1.82, 2.24) is 10.6 Å². The smallest absolute Gasteiger partial charge is 0.0194 e. The Balaban J connectivity index is 0.000000464. The third kappa shape index (κ3) is 6.22. The van der Waals surface area contributed by atoms with Crippen molar-refractivity contribution in [3.63, 3.8) is 0 Å². The van der Waals surface area contributed by atoms with Gasteiger partial charge >= 0.3 is 0 Å². The van der Waals surface area contributed by atoms with E-state index in [1.807, 2.05) is 30.3 Å². The summed E-state index contributed by atoms with van der Waals surface area (Å²) < 4.78 is 0. The molecule has 5 atom stereocenters. The van der Waals surface area contributed by atoms with Crippen LogP contribution in [0.5, 0.6) is 0 Å². The van der Waals surface area contributed by atoms with Crippen LogP contribution in [0.15, 0.2) is 48.5 Å². The maximum absolute atomic E-state index is 3.95. The molecule has 5 heteroatoms. The fourth-order valence-corrected chi connectivity index (χ4v) is 12.5. The Kier molecular flexibility index (Phi) is 9.62. The maximum atomic E-state index is 3.95. The van der Waals surface area contributed by atoms with E-state index in [1.165, 1.54) is 58.0 Å². The number of hydrogen-bond donors (Lipinski definition) is 2. The van der Waals surface area contributed by atoms with Gasteiger partial charge in [0.1, 0.15) is 0 Å². The van der Waals surface area contributed by atoms with Crippen LogP contribution in [-0.2, 0) is 22.2 Å². The fraction of sp³-hybridized carbons (Fsp3) is 0.706. The third-order valence-corrected chi connectivity index (χ3v) is 13.9. The van der Waals surface area contributed by atoms with E-state index in [4.69, 9.17) is 0 Å². The van der Waals surface area contributed by atoms with Gasteiger partial charge in [0.15, 0.2) is 0 Å². The summed E-state index contributed by atoms with van der Waals surface area (Å²) in [4.78, 5) is 0. The predicted molar refractivity (Wildman–Crippen MR) is 169 cm³/mol. The van der Waals surface area contributed by atoms with Gasteiger partial charge in [-0.3, -0.25) is 0 Å². The topological polar surface area (TPSA) is 24.1 Å². The molecule has 0 spiro atoms. The molecule has 0 radical (unpaired) electrons. The quantitative estimate of drug-likeness (QED) is 0.197. The van der Waals surface area contributed by atoms with Gasteiger partial charge in [-0.1, -0.05) is 20.8 Å². The molecule has 2 saturated heterocycles. The summed E-state index contributed by atoms with van der Waals surface area (Å²) in [6.45, 7) is 9.89. The minimum Gasteiger partial charge on any atom is -0.748 e. The summed E-state index contributed by atoms with van der Waals surface area (Å²) in [7, 11) is 4.49. The Bertz CT molecular complexity index is 958. The van der Waals surface area contributed by atoms with Gasteiger partial charge in [-0.05, 0) is 111 Å². The van der Waals surface area contributed by atoms with E-state index in [0.29, 0.717) is 22.7 Å². The molecule has 4 aliphatic carbocycles. The molecule has 0 aromatic heterocycles. The predicted octanol–water partition coefficient (Wildman–Crippen LogP) is 8.12. The van der Waals surface area contributed by atoms with Crippen LogP contribution in [0.4, 0.5) is 0 Å². The zero-order valence-corrected chi connectivity index (χ0v) is 27.8. The SMILES string of the molecule is CC(C)(C)PC([c-]1cccc1C(P)(C1CCCN1)C1CCCN1)C12CC3CC(CC(C3)C1)C2.[Fe].[cH-]1[cH-][cH-][cH-][cH-]1. The summed E-state index contributed by atoms with van der Waals surface area (Å²) in [6.07, 6.45) is 14.5. The summed E-state index contributed by atoms with van der Waals surface area (Å²) in [6, 6.07) is 18.7. The number of hydrogen-bond acceptors (Lipinski definition) is 2. The Morgan fingerprint density at radius 1 is 0.897 bits per heavy atom. The second kappa shape index (κ2) is 12.3. The van der Waals surface area contributed by atoms with Crippen molar-refractivity contribution in [3.05, 3.63) is 59.7 Å². The Hall–Kier alpha value is -0.000519. The average Bonchev–Trinajstić information content (AvgIpc) is 3.70. The van der Waals surface area contributed by atoms with Gasteiger partial charge in [0, 0.05) is 34.3 Å². The van der Waals surface area contributed by atoms with Crippen molar-refractivity contribution in [2.45, 2.75) is 113 Å². The minimum atomic E-state index is 0. The zero-order chi connectivity index (χ0) is 26.4. The second-order valence-corrected chi connectivity index (χ2v) is 18.0. The molecule has 2 nitrogen and oxygen atoms in total. The zero-order valence-electron chi connectivity index (χ0n) is 24.5. The molecule has 5 unspecified atom stereocenters. The molecule has 2 aliphatic heterocycles. The summed E-state index contributed by atoms with van der Waals surface area (Å²) in [5.41, 5.74) is 4.76. The van der Waals surface area contributed by atoms with E-state index in [0.717, 1.165) is 32.0 Å². The van der Waals surface area contributed by atoms with E-state index in [9.17, 15) is 0 Å².